The summed E-state index contributed by atoms with van der Waals surface area (Å²) in [6.07, 6.45) is 0.576. The van der Waals surface area contributed by atoms with Gasteiger partial charge in [0.2, 0.25) is 11.8 Å². The summed E-state index contributed by atoms with van der Waals surface area (Å²) in [5, 5.41) is 5.79. The number of nitrogens with one attached hydrogen (secondary N) is 2. The van der Waals surface area contributed by atoms with Crippen LogP contribution in [0.2, 0.25) is 0 Å². The number of methoxy groups -OCH3 is 1. The first kappa shape index (κ1) is 17.0. The number of hydrogen-bond donors (Lipinski definition) is 2. The standard InChI is InChI=1S/C20H22N2O3/c1-12-7-8-13(2)18(9-12)22-20(24)17-11-16(17)19(23)21-14-5-4-6-15(10-14)25-3/h4-10,16-17H,11H2,1-3H3,(H,21,23)(H,22,24). The van der Waals surface area contributed by atoms with E-state index in [1.54, 1.807) is 19.2 Å². The lowest BCUT2D eigenvalue weighted by atomic mass is 10.1. The van der Waals surface area contributed by atoms with Gasteiger partial charge < -0.3 is 15.4 Å². The quantitative estimate of drug-likeness (QED) is 0.876. The van der Waals surface area contributed by atoms with Crippen LogP contribution in [0, 0.1) is 25.7 Å². The van der Waals surface area contributed by atoms with E-state index in [1.165, 1.54) is 0 Å². The van der Waals surface area contributed by atoms with E-state index in [0.717, 1.165) is 16.8 Å². The van der Waals surface area contributed by atoms with E-state index in [-0.39, 0.29) is 23.7 Å². The highest BCUT2D eigenvalue weighted by atomic mass is 16.5. The number of anilines is 2. The van der Waals surface area contributed by atoms with Gasteiger partial charge in [0.15, 0.2) is 0 Å². The Morgan fingerprint density at radius 3 is 2.44 bits per heavy atom. The lowest BCUT2D eigenvalue weighted by molar-refractivity contribution is -0.122. The number of ether oxygens (including phenoxy) is 1. The lowest BCUT2D eigenvalue weighted by Crippen LogP contribution is -2.21. The topological polar surface area (TPSA) is 67.4 Å². The third-order valence-electron chi connectivity index (χ3n) is 4.45. The zero-order valence-electron chi connectivity index (χ0n) is 14.6. The molecule has 2 atom stereocenters. The normalized spacial score (nSPS) is 18.4. The number of carbonyl (C=O) groups is 2. The summed E-state index contributed by atoms with van der Waals surface area (Å²) in [6.45, 7) is 3.94. The molecule has 5 heteroatoms. The molecule has 1 fully saturated rings. The minimum absolute atomic E-state index is 0.0977. The first-order valence-corrected chi connectivity index (χ1v) is 8.31. The highest BCUT2D eigenvalue weighted by Gasteiger charge is 2.48. The molecule has 1 aliphatic carbocycles. The van der Waals surface area contributed by atoms with E-state index in [1.807, 2.05) is 44.2 Å². The van der Waals surface area contributed by atoms with Gasteiger partial charge in [0.05, 0.1) is 18.9 Å². The second-order valence-corrected chi connectivity index (χ2v) is 6.48. The van der Waals surface area contributed by atoms with Crippen LogP contribution in [0.5, 0.6) is 5.75 Å². The lowest BCUT2D eigenvalue weighted by Gasteiger charge is -2.10. The molecule has 0 bridgehead atoms. The number of benzene rings is 2. The van der Waals surface area contributed by atoms with Gasteiger partial charge in [-0.3, -0.25) is 9.59 Å². The van der Waals surface area contributed by atoms with E-state index < -0.39 is 0 Å². The first-order valence-electron chi connectivity index (χ1n) is 8.31. The molecule has 0 radical (unpaired) electrons. The summed E-state index contributed by atoms with van der Waals surface area (Å²) in [4.78, 5) is 24.7. The molecule has 3 rings (SSSR count). The monoisotopic (exact) mass is 338 g/mol. The average molecular weight is 338 g/mol. The Hall–Kier alpha value is -2.82. The maximum absolute atomic E-state index is 12.4. The third-order valence-corrected chi connectivity index (χ3v) is 4.45. The van der Waals surface area contributed by atoms with Crippen LogP contribution < -0.4 is 15.4 Å². The van der Waals surface area contributed by atoms with Crippen LogP contribution in [-0.4, -0.2) is 18.9 Å². The Balaban J connectivity index is 1.58. The van der Waals surface area contributed by atoms with Gasteiger partial charge in [0.1, 0.15) is 5.75 Å². The van der Waals surface area contributed by atoms with Crippen molar-refractivity contribution in [3.8, 4) is 5.75 Å². The number of aryl methyl sites for hydroxylation is 2. The molecule has 2 N–H and O–H groups in total. The molecule has 0 aliphatic heterocycles. The van der Waals surface area contributed by atoms with Gasteiger partial charge in [0.25, 0.3) is 0 Å². The van der Waals surface area contributed by atoms with Crippen molar-refractivity contribution in [2.45, 2.75) is 20.3 Å². The van der Waals surface area contributed by atoms with Gasteiger partial charge in [-0.15, -0.1) is 0 Å². The van der Waals surface area contributed by atoms with Crippen LogP contribution in [0.15, 0.2) is 42.5 Å². The van der Waals surface area contributed by atoms with Crippen LogP contribution in [0.1, 0.15) is 17.5 Å². The van der Waals surface area contributed by atoms with E-state index >= 15 is 0 Å². The summed E-state index contributed by atoms with van der Waals surface area (Å²) in [5.41, 5.74) is 3.58. The zero-order valence-corrected chi connectivity index (χ0v) is 14.6. The molecular formula is C20H22N2O3. The third kappa shape index (κ3) is 3.99. The van der Waals surface area contributed by atoms with E-state index in [9.17, 15) is 9.59 Å². The summed E-state index contributed by atoms with van der Waals surface area (Å²) in [6, 6.07) is 13.1. The van der Waals surface area contributed by atoms with Crippen LogP contribution in [0.25, 0.3) is 0 Å². The molecular weight excluding hydrogens is 316 g/mol. The Kier molecular flexibility index (Phi) is 4.74. The van der Waals surface area contributed by atoms with Crippen LogP contribution in [0.4, 0.5) is 11.4 Å². The van der Waals surface area contributed by atoms with E-state index in [2.05, 4.69) is 10.6 Å². The highest BCUT2D eigenvalue weighted by Crippen LogP contribution is 2.40. The van der Waals surface area contributed by atoms with Gasteiger partial charge >= 0.3 is 0 Å². The molecule has 0 spiro atoms. The van der Waals surface area contributed by atoms with Crippen LogP contribution >= 0.6 is 0 Å². The minimum Gasteiger partial charge on any atom is -0.497 e. The van der Waals surface area contributed by atoms with Crippen molar-refractivity contribution >= 4 is 23.2 Å². The summed E-state index contributed by atoms with van der Waals surface area (Å²) >= 11 is 0. The second-order valence-electron chi connectivity index (χ2n) is 6.48. The van der Waals surface area contributed by atoms with E-state index in [0.29, 0.717) is 17.9 Å². The van der Waals surface area contributed by atoms with Gasteiger partial charge in [-0.25, -0.2) is 0 Å². The SMILES string of the molecule is COc1cccc(NC(=O)C2CC2C(=O)Nc2cc(C)ccc2C)c1. The van der Waals surface area contributed by atoms with Gasteiger partial charge in [0, 0.05) is 17.4 Å². The molecule has 5 nitrogen and oxygen atoms in total. The Bertz CT molecular complexity index is 816. The van der Waals surface area contributed by atoms with Crippen molar-refractivity contribution in [1.29, 1.82) is 0 Å². The summed E-state index contributed by atoms with van der Waals surface area (Å²) < 4.78 is 5.14. The Labute approximate surface area is 147 Å². The largest absolute Gasteiger partial charge is 0.497 e. The predicted octanol–water partition coefficient (Wildman–Crippen LogP) is 3.53. The number of hydrogen-bond acceptors (Lipinski definition) is 3. The van der Waals surface area contributed by atoms with Gasteiger partial charge in [-0.05, 0) is 49.6 Å². The fraction of sp³-hybridized carbons (Fsp3) is 0.300. The van der Waals surface area contributed by atoms with Crippen molar-refractivity contribution in [3.63, 3.8) is 0 Å². The molecule has 2 aromatic carbocycles. The second kappa shape index (κ2) is 6.97. The molecule has 2 amide bonds. The Morgan fingerprint density at radius 1 is 1.00 bits per heavy atom. The zero-order chi connectivity index (χ0) is 18.0. The van der Waals surface area contributed by atoms with Crippen LogP contribution in [0.3, 0.4) is 0 Å². The molecule has 0 aromatic heterocycles. The minimum atomic E-state index is -0.281. The Morgan fingerprint density at radius 2 is 1.72 bits per heavy atom. The maximum atomic E-state index is 12.4. The average Bonchev–Trinajstić information content (AvgIpc) is 3.39. The number of carbonyl (C=O) groups excluding carboxylic acids is 2. The fourth-order valence-corrected chi connectivity index (χ4v) is 2.81. The number of amides is 2. The summed E-state index contributed by atoms with van der Waals surface area (Å²) in [5.74, 6) is -0.103. The van der Waals surface area contributed by atoms with Crippen LogP contribution in [-0.2, 0) is 9.59 Å². The smallest absolute Gasteiger partial charge is 0.228 e. The number of rotatable bonds is 5. The van der Waals surface area contributed by atoms with E-state index in [4.69, 9.17) is 4.74 Å². The van der Waals surface area contributed by atoms with Crippen molar-refractivity contribution in [2.75, 3.05) is 17.7 Å². The molecule has 0 heterocycles. The molecule has 0 saturated heterocycles. The van der Waals surface area contributed by atoms with Crippen molar-refractivity contribution < 1.29 is 14.3 Å². The molecule has 1 saturated carbocycles. The van der Waals surface area contributed by atoms with Gasteiger partial charge in [-0.2, -0.15) is 0 Å². The molecule has 2 unspecified atom stereocenters. The first-order chi connectivity index (χ1) is 12.0. The molecule has 1 aliphatic rings. The predicted molar refractivity (Wildman–Crippen MR) is 97.8 cm³/mol. The van der Waals surface area contributed by atoms with Gasteiger partial charge in [-0.1, -0.05) is 18.2 Å². The van der Waals surface area contributed by atoms with Crippen molar-refractivity contribution in [3.05, 3.63) is 53.6 Å². The fourth-order valence-electron chi connectivity index (χ4n) is 2.81. The van der Waals surface area contributed by atoms with Crippen molar-refractivity contribution in [2.24, 2.45) is 11.8 Å². The maximum Gasteiger partial charge on any atom is 0.228 e. The molecule has 130 valence electrons. The summed E-state index contributed by atoms with van der Waals surface area (Å²) in [7, 11) is 1.58. The molecule has 2 aromatic rings. The molecule has 25 heavy (non-hydrogen) atoms. The highest BCUT2D eigenvalue weighted by molar-refractivity contribution is 6.03. The van der Waals surface area contributed by atoms with Crippen molar-refractivity contribution in [1.82, 2.24) is 0 Å².